The predicted octanol–water partition coefficient (Wildman–Crippen LogP) is 3.63. The number of esters is 1. The zero-order valence-electron chi connectivity index (χ0n) is 17.7. The van der Waals surface area contributed by atoms with E-state index >= 15 is 0 Å². The average Bonchev–Trinajstić information content (AvgIpc) is 2.83. The Kier molecular flexibility index (Phi) is 8.38. The van der Waals surface area contributed by atoms with Gasteiger partial charge in [0.25, 0.3) is 0 Å². The molecule has 5 nitrogen and oxygen atoms in total. The Morgan fingerprint density at radius 1 is 0.742 bits per heavy atom. The smallest absolute Gasteiger partial charge is 0.314 e. The molecule has 0 aliphatic rings. The molecule has 0 bridgehead atoms. The molecule has 3 rings (SSSR count). The van der Waals surface area contributed by atoms with Crippen molar-refractivity contribution in [1.82, 2.24) is 10.6 Å². The first-order chi connectivity index (χ1) is 15.2. The number of benzene rings is 3. The Labute approximate surface area is 183 Å². The van der Waals surface area contributed by atoms with Crippen LogP contribution in [0, 0.1) is 0 Å². The van der Waals surface area contributed by atoms with Crippen molar-refractivity contribution in [3.05, 3.63) is 108 Å². The average molecular weight is 417 g/mol. The molecule has 160 valence electrons. The summed E-state index contributed by atoms with van der Waals surface area (Å²) in [6.07, 6.45) is 0. The molecular formula is C26H28N2O3. The van der Waals surface area contributed by atoms with Crippen LogP contribution in [-0.4, -0.2) is 32.1 Å². The normalized spacial score (nSPS) is 12.5. The fourth-order valence-electron chi connectivity index (χ4n) is 3.49. The molecule has 0 saturated carbocycles. The highest BCUT2D eigenvalue weighted by Gasteiger charge is 2.25. The van der Waals surface area contributed by atoms with Crippen LogP contribution in [0.5, 0.6) is 0 Å². The van der Waals surface area contributed by atoms with Gasteiger partial charge in [-0.05, 0) is 16.7 Å². The standard InChI is InChI=1S/C26H28N2O3/c1-31-26(30)24(22-15-9-4-10-16-22)19-28-25(29)23(21-13-7-3-8-14-21)18-27-17-20-11-5-2-6-12-20/h2-16,23-24,27H,17-19H2,1H3,(H,28,29)/t23-,24-/m1/s1. The van der Waals surface area contributed by atoms with Crippen molar-refractivity contribution in [2.45, 2.75) is 18.4 Å². The molecule has 0 aromatic heterocycles. The molecule has 0 heterocycles. The fourth-order valence-corrected chi connectivity index (χ4v) is 3.49. The second-order valence-electron chi connectivity index (χ2n) is 7.31. The molecule has 0 saturated heterocycles. The van der Waals surface area contributed by atoms with Gasteiger partial charge in [-0.15, -0.1) is 0 Å². The van der Waals surface area contributed by atoms with E-state index in [9.17, 15) is 9.59 Å². The van der Waals surface area contributed by atoms with Gasteiger partial charge in [-0.25, -0.2) is 0 Å². The summed E-state index contributed by atoms with van der Waals surface area (Å²) in [5, 5.41) is 6.35. The van der Waals surface area contributed by atoms with Crippen LogP contribution in [0.4, 0.5) is 0 Å². The lowest BCUT2D eigenvalue weighted by Gasteiger charge is -2.21. The number of nitrogens with one attached hydrogen (secondary N) is 2. The van der Waals surface area contributed by atoms with Crippen LogP contribution in [0.3, 0.4) is 0 Å². The molecule has 3 aromatic carbocycles. The number of carbonyl (C=O) groups is 2. The van der Waals surface area contributed by atoms with E-state index in [1.807, 2.05) is 91.0 Å². The molecule has 0 aliphatic heterocycles. The summed E-state index contributed by atoms with van der Waals surface area (Å²) >= 11 is 0. The van der Waals surface area contributed by atoms with Gasteiger partial charge in [-0.1, -0.05) is 91.0 Å². The molecule has 31 heavy (non-hydrogen) atoms. The minimum absolute atomic E-state index is 0.128. The number of carbonyl (C=O) groups excluding carboxylic acids is 2. The van der Waals surface area contributed by atoms with E-state index in [0.717, 1.165) is 16.7 Å². The van der Waals surface area contributed by atoms with Crippen molar-refractivity contribution in [2.24, 2.45) is 0 Å². The third-order valence-electron chi connectivity index (χ3n) is 5.21. The lowest BCUT2D eigenvalue weighted by atomic mass is 9.96. The van der Waals surface area contributed by atoms with E-state index in [2.05, 4.69) is 10.6 Å². The van der Waals surface area contributed by atoms with E-state index in [0.29, 0.717) is 13.1 Å². The Balaban J connectivity index is 1.68. The fraction of sp³-hybridized carbons (Fsp3) is 0.231. The Hall–Kier alpha value is -3.44. The van der Waals surface area contributed by atoms with Gasteiger partial charge in [0.1, 0.15) is 0 Å². The molecule has 5 heteroatoms. The highest BCUT2D eigenvalue weighted by Crippen LogP contribution is 2.19. The van der Waals surface area contributed by atoms with Crippen LogP contribution < -0.4 is 10.6 Å². The van der Waals surface area contributed by atoms with Gasteiger partial charge in [0, 0.05) is 19.6 Å². The van der Waals surface area contributed by atoms with E-state index in [1.165, 1.54) is 7.11 Å². The molecule has 0 fully saturated rings. The van der Waals surface area contributed by atoms with Gasteiger partial charge in [0.15, 0.2) is 0 Å². The van der Waals surface area contributed by atoms with Crippen LogP contribution in [0.25, 0.3) is 0 Å². The van der Waals surface area contributed by atoms with Gasteiger partial charge in [-0.3, -0.25) is 9.59 Å². The molecular weight excluding hydrogens is 388 g/mol. The largest absolute Gasteiger partial charge is 0.468 e. The van der Waals surface area contributed by atoms with Crippen molar-refractivity contribution in [1.29, 1.82) is 0 Å². The highest BCUT2D eigenvalue weighted by molar-refractivity contribution is 5.85. The number of methoxy groups -OCH3 is 1. The molecule has 0 aliphatic carbocycles. The number of amides is 1. The highest BCUT2D eigenvalue weighted by atomic mass is 16.5. The summed E-state index contributed by atoms with van der Waals surface area (Å²) in [5.41, 5.74) is 2.90. The van der Waals surface area contributed by atoms with Crippen LogP contribution in [-0.2, 0) is 20.9 Å². The first kappa shape index (κ1) is 22.2. The monoisotopic (exact) mass is 416 g/mol. The van der Waals surface area contributed by atoms with Gasteiger partial charge in [0.05, 0.1) is 18.9 Å². The number of ether oxygens (including phenoxy) is 1. The number of hydrogen-bond acceptors (Lipinski definition) is 4. The number of rotatable bonds is 10. The maximum absolute atomic E-state index is 13.1. The molecule has 2 N–H and O–H groups in total. The van der Waals surface area contributed by atoms with Gasteiger partial charge in [-0.2, -0.15) is 0 Å². The second-order valence-corrected chi connectivity index (χ2v) is 7.31. The van der Waals surface area contributed by atoms with E-state index in [1.54, 1.807) is 0 Å². The molecule has 3 aromatic rings. The van der Waals surface area contributed by atoms with Crippen LogP contribution in [0.15, 0.2) is 91.0 Å². The van der Waals surface area contributed by atoms with Gasteiger partial charge >= 0.3 is 5.97 Å². The third kappa shape index (κ3) is 6.52. The summed E-state index contributed by atoms with van der Waals surface area (Å²) in [6, 6.07) is 29.1. The molecule has 2 atom stereocenters. The molecule has 0 spiro atoms. The summed E-state index contributed by atoms with van der Waals surface area (Å²) in [6.45, 7) is 1.34. The van der Waals surface area contributed by atoms with E-state index < -0.39 is 5.92 Å². The predicted molar refractivity (Wildman–Crippen MR) is 122 cm³/mol. The van der Waals surface area contributed by atoms with Crippen LogP contribution >= 0.6 is 0 Å². The Morgan fingerprint density at radius 3 is 1.81 bits per heavy atom. The first-order valence-electron chi connectivity index (χ1n) is 10.4. The van der Waals surface area contributed by atoms with Crippen molar-refractivity contribution < 1.29 is 14.3 Å². The minimum atomic E-state index is -0.552. The van der Waals surface area contributed by atoms with Crippen LogP contribution in [0.2, 0.25) is 0 Å². The number of hydrogen-bond donors (Lipinski definition) is 2. The maximum Gasteiger partial charge on any atom is 0.314 e. The van der Waals surface area contributed by atoms with E-state index in [-0.39, 0.29) is 24.3 Å². The third-order valence-corrected chi connectivity index (χ3v) is 5.21. The summed E-state index contributed by atoms with van der Waals surface area (Å²) in [4.78, 5) is 25.4. The SMILES string of the molecule is COC(=O)[C@H](CNC(=O)[C@H](CNCc1ccccc1)c1ccccc1)c1ccccc1. The van der Waals surface area contributed by atoms with Crippen molar-refractivity contribution in [3.63, 3.8) is 0 Å². The topological polar surface area (TPSA) is 67.4 Å². The first-order valence-corrected chi connectivity index (χ1v) is 10.4. The Bertz CT molecular complexity index is 946. The van der Waals surface area contributed by atoms with Gasteiger partial charge in [0.2, 0.25) is 5.91 Å². The maximum atomic E-state index is 13.1. The van der Waals surface area contributed by atoms with Gasteiger partial charge < -0.3 is 15.4 Å². The molecule has 0 unspecified atom stereocenters. The van der Waals surface area contributed by atoms with Crippen LogP contribution in [0.1, 0.15) is 28.5 Å². The zero-order chi connectivity index (χ0) is 21.9. The molecule has 1 amide bonds. The minimum Gasteiger partial charge on any atom is -0.468 e. The summed E-state index contributed by atoms with van der Waals surface area (Å²) in [7, 11) is 1.36. The van der Waals surface area contributed by atoms with Crippen molar-refractivity contribution in [3.8, 4) is 0 Å². The van der Waals surface area contributed by atoms with Crippen molar-refractivity contribution >= 4 is 11.9 Å². The Morgan fingerprint density at radius 2 is 1.26 bits per heavy atom. The van der Waals surface area contributed by atoms with E-state index in [4.69, 9.17) is 4.74 Å². The second kappa shape index (κ2) is 11.7. The lowest BCUT2D eigenvalue weighted by Crippen LogP contribution is -2.38. The lowest BCUT2D eigenvalue weighted by molar-refractivity contribution is -0.142. The summed E-state index contributed by atoms with van der Waals surface area (Å²) < 4.78 is 4.96. The zero-order valence-corrected chi connectivity index (χ0v) is 17.7. The summed E-state index contributed by atoms with van der Waals surface area (Å²) in [5.74, 6) is -1.43. The van der Waals surface area contributed by atoms with Crippen molar-refractivity contribution in [2.75, 3.05) is 20.2 Å². The molecule has 0 radical (unpaired) electrons. The quantitative estimate of drug-likeness (QED) is 0.495.